The Balaban J connectivity index is 1.40. The van der Waals surface area contributed by atoms with Crippen LogP contribution in [0.25, 0.3) is 0 Å². The highest BCUT2D eigenvalue weighted by Crippen LogP contribution is 2.24. The summed E-state index contributed by atoms with van der Waals surface area (Å²) in [5.41, 5.74) is 2.01. The Kier molecular flexibility index (Phi) is 8.66. The smallest absolute Gasteiger partial charge is 0.313 e. The molecule has 2 aromatic rings. The highest BCUT2D eigenvalue weighted by Gasteiger charge is 2.22. The van der Waals surface area contributed by atoms with Gasteiger partial charge in [-0.1, -0.05) is 24.3 Å². The predicted octanol–water partition coefficient (Wildman–Crippen LogP) is 4.10. The lowest BCUT2D eigenvalue weighted by molar-refractivity contribution is -0.136. The second kappa shape index (κ2) is 11.4. The molecule has 0 bridgehead atoms. The average Bonchev–Trinajstić information content (AvgIpc) is 2.78. The van der Waals surface area contributed by atoms with E-state index >= 15 is 0 Å². The van der Waals surface area contributed by atoms with Crippen LogP contribution in [-0.4, -0.2) is 48.9 Å². The van der Waals surface area contributed by atoms with Gasteiger partial charge in [0, 0.05) is 28.6 Å². The third kappa shape index (κ3) is 6.52. The summed E-state index contributed by atoms with van der Waals surface area (Å²) in [5.74, 6) is -0.770. The highest BCUT2D eigenvalue weighted by atomic mass is 32.2. The van der Waals surface area contributed by atoms with Crippen LogP contribution in [0.1, 0.15) is 18.4 Å². The van der Waals surface area contributed by atoms with E-state index < -0.39 is 11.8 Å². The number of rotatable bonds is 7. The largest absolute Gasteiger partial charge is 0.348 e. The maximum atomic E-state index is 12.2. The number of thioether (sulfide) groups is 2. The highest BCUT2D eigenvalue weighted by molar-refractivity contribution is 7.98. The van der Waals surface area contributed by atoms with Crippen LogP contribution in [0, 0.1) is 5.92 Å². The summed E-state index contributed by atoms with van der Waals surface area (Å²) in [6.45, 7) is 3.54. The molecule has 1 heterocycles. The number of hydrogen-bond acceptors (Lipinski definition) is 5. The van der Waals surface area contributed by atoms with E-state index in [4.69, 9.17) is 0 Å². The lowest BCUT2D eigenvalue weighted by atomic mass is 9.96. The number of amides is 2. The van der Waals surface area contributed by atoms with Crippen LogP contribution < -0.4 is 10.6 Å². The van der Waals surface area contributed by atoms with Gasteiger partial charge < -0.3 is 10.6 Å². The number of nitrogens with zero attached hydrogens (tertiary/aromatic N) is 1. The van der Waals surface area contributed by atoms with Crippen molar-refractivity contribution < 1.29 is 9.59 Å². The molecule has 7 heteroatoms. The molecule has 0 saturated carbocycles. The van der Waals surface area contributed by atoms with Gasteiger partial charge >= 0.3 is 11.8 Å². The first-order valence-corrected chi connectivity index (χ1v) is 12.6. The minimum absolute atomic E-state index is 0.411. The summed E-state index contributed by atoms with van der Waals surface area (Å²) in [6, 6.07) is 16.0. The Morgan fingerprint density at radius 2 is 1.77 bits per heavy atom. The Morgan fingerprint density at radius 1 is 1.00 bits per heavy atom. The molecule has 1 saturated heterocycles. The van der Waals surface area contributed by atoms with Crippen LogP contribution >= 0.6 is 23.5 Å². The van der Waals surface area contributed by atoms with Crippen molar-refractivity contribution in [1.82, 2.24) is 10.2 Å². The molecule has 2 amide bonds. The summed E-state index contributed by atoms with van der Waals surface area (Å²) >= 11 is 3.38. The van der Waals surface area contributed by atoms with Gasteiger partial charge in [0.1, 0.15) is 0 Å². The van der Waals surface area contributed by atoms with E-state index in [-0.39, 0.29) is 0 Å². The van der Waals surface area contributed by atoms with Crippen LogP contribution in [0.3, 0.4) is 0 Å². The molecule has 0 aromatic heterocycles. The molecule has 0 aliphatic carbocycles. The maximum Gasteiger partial charge on any atom is 0.313 e. The molecule has 30 heavy (non-hydrogen) atoms. The molecule has 0 radical (unpaired) electrons. The Morgan fingerprint density at radius 3 is 2.50 bits per heavy atom. The van der Waals surface area contributed by atoms with Crippen molar-refractivity contribution in [3.8, 4) is 0 Å². The van der Waals surface area contributed by atoms with Gasteiger partial charge in [-0.3, -0.25) is 14.5 Å². The average molecular weight is 444 g/mol. The summed E-state index contributed by atoms with van der Waals surface area (Å²) in [6.07, 6.45) is 6.14. The minimum Gasteiger partial charge on any atom is -0.348 e. The van der Waals surface area contributed by atoms with Crippen molar-refractivity contribution in [2.45, 2.75) is 29.2 Å². The lowest BCUT2D eigenvalue weighted by Crippen LogP contribution is -2.41. The molecule has 1 fully saturated rings. The van der Waals surface area contributed by atoms with Crippen LogP contribution in [0.5, 0.6) is 0 Å². The number of piperidine rings is 1. The SMILES string of the molecule is CSc1cccc(NC(=O)C(=O)NCC2CCN(Cc3ccccc3SC)CC2)c1. The molecule has 1 aliphatic heterocycles. The number of hydrogen-bond donors (Lipinski definition) is 2. The number of anilines is 1. The zero-order chi connectivity index (χ0) is 21.3. The molecular weight excluding hydrogens is 414 g/mol. The number of carbonyl (C=O) groups excluding carboxylic acids is 2. The van der Waals surface area contributed by atoms with Crippen LogP contribution in [0.15, 0.2) is 58.3 Å². The molecule has 5 nitrogen and oxygen atoms in total. The lowest BCUT2D eigenvalue weighted by Gasteiger charge is -2.32. The third-order valence-corrected chi connectivity index (χ3v) is 6.94. The van der Waals surface area contributed by atoms with E-state index in [9.17, 15) is 9.59 Å². The zero-order valence-electron chi connectivity index (χ0n) is 17.5. The van der Waals surface area contributed by atoms with Gasteiger partial charge in [0.2, 0.25) is 0 Å². The molecule has 1 aliphatic rings. The maximum absolute atomic E-state index is 12.2. The zero-order valence-corrected chi connectivity index (χ0v) is 19.2. The second-order valence-electron chi connectivity index (χ2n) is 7.43. The van der Waals surface area contributed by atoms with Crippen LogP contribution in [0.2, 0.25) is 0 Å². The second-order valence-corrected chi connectivity index (χ2v) is 9.16. The fourth-order valence-electron chi connectivity index (χ4n) is 3.63. The van der Waals surface area contributed by atoms with E-state index in [1.165, 1.54) is 10.5 Å². The summed E-state index contributed by atoms with van der Waals surface area (Å²) in [5, 5.41) is 5.48. The molecule has 2 aromatic carbocycles. The summed E-state index contributed by atoms with van der Waals surface area (Å²) in [4.78, 5) is 29.2. The Hall–Kier alpha value is -1.96. The van der Waals surface area contributed by atoms with Gasteiger partial charge in [0.05, 0.1) is 0 Å². The summed E-state index contributed by atoms with van der Waals surface area (Å²) in [7, 11) is 0. The first-order valence-electron chi connectivity index (χ1n) is 10.2. The number of carbonyl (C=O) groups is 2. The number of benzene rings is 2. The fourth-order valence-corrected chi connectivity index (χ4v) is 4.70. The van der Waals surface area contributed by atoms with E-state index in [1.54, 1.807) is 29.6 Å². The van der Waals surface area contributed by atoms with Crippen molar-refractivity contribution in [1.29, 1.82) is 0 Å². The van der Waals surface area contributed by atoms with Crippen molar-refractivity contribution in [3.63, 3.8) is 0 Å². The predicted molar refractivity (Wildman–Crippen MR) is 126 cm³/mol. The van der Waals surface area contributed by atoms with E-state index in [0.717, 1.165) is 37.4 Å². The molecule has 0 spiro atoms. The van der Waals surface area contributed by atoms with Crippen molar-refractivity contribution in [2.75, 3.05) is 37.5 Å². The molecule has 3 rings (SSSR count). The van der Waals surface area contributed by atoms with Gasteiger partial charge in [-0.25, -0.2) is 0 Å². The molecule has 2 N–H and O–H groups in total. The summed E-state index contributed by atoms with van der Waals surface area (Å²) < 4.78 is 0. The van der Waals surface area contributed by atoms with Gasteiger partial charge in [0.15, 0.2) is 0 Å². The Labute approximate surface area is 187 Å². The molecule has 0 unspecified atom stereocenters. The molecule has 0 atom stereocenters. The van der Waals surface area contributed by atoms with Crippen molar-refractivity contribution >= 4 is 41.0 Å². The van der Waals surface area contributed by atoms with Gasteiger partial charge in [-0.2, -0.15) is 0 Å². The van der Waals surface area contributed by atoms with Crippen molar-refractivity contribution in [2.24, 2.45) is 5.92 Å². The van der Waals surface area contributed by atoms with E-state index in [2.05, 4.69) is 46.1 Å². The molecular formula is C23H29N3O2S2. The monoisotopic (exact) mass is 443 g/mol. The minimum atomic E-state index is -0.612. The van der Waals surface area contributed by atoms with Crippen LogP contribution in [0.4, 0.5) is 5.69 Å². The van der Waals surface area contributed by atoms with Gasteiger partial charge in [-0.15, -0.1) is 23.5 Å². The standard InChI is InChI=1S/C23H29N3O2S2/c1-29-20-8-5-7-19(14-20)25-23(28)22(27)24-15-17-10-12-26(13-11-17)16-18-6-3-4-9-21(18)30-2/h3-9,14,17H,10-13,15-16H2,1-2H3,(H,24,27)(H,25,28). The fraction of sp³-hybridized carbons (Fsp3) is 0.391. The van der Waals surface area contributed by atoms with E-state index in [0.29, 0.717) is 18.2 Å². The normalized spacial score (nSPS) is 15.0. The topological polar surface area (TPSA) is 61.4 Å². The number of nitrogens with one attached hydrogen (secondary N) is 2. The Bertz CT molecular complexity index is 867. The first-order chi connectivity index (χ1) is 14.6. The quantitative estimate of drug-likeness (QED) is 0.498. The van der Waals surface area contributed by atoms with Gasteiger partial charge in [-0.05, 0) is 74.2 Å². The van der Waals surface area contributed by atoms with Gasteiger partial charge in [0.25, 0.3) is 0 Å². The number of likely N-dealkylation sites (tertiary alicyclic amines) is 1. The third-order valence-electron chi connectivity index (χ3n) is 5.38. The molecule has 160 valence electrons. The van der Waals surface area contributed by atoms with Crippen LogP contribution in [-0.2, 0) is 16.1 Å². The van der Waals surface area contributed by atoms with E-state index in [1.807, 2.05) is 24.5 Å². The van der Waals surface area contributed by atoms with Crippen molar-refractivity contribution in [3.05, 3.63) is 54.1 Å². The first kappa shape index (κ1) is 22.7.